The van der Waals surface area contributed by atoms with Gasteiger partial charge in [-0.3, -0.25) is 0 Å². The molecule has 1 heterocycles. The lowest BCUT2D eigenvalue weighted by Gasteiger charge is -2.15. The fraction of sp³-hybridized carbons (Fsp3) is 0.233. The summed E-state index contributed by atoms with van der Waals surface area (Å²) in [5, 5.41) is 0. The van der Waals surface area contributed by atoms with Crippen LogP contribution in [0.15, 0.2) is 62.1 Å². The van der Waals surface area contributed by atoms with E-state index in [1.54, 1.807) is 30.3 Å². The molecule has 0 aromatic heterocycles. The van der Waals surface area contributed by atoms with Gasteiger partial charge in [0.05, 0.1) is 44.6 Å². The van der Waals surface area contributed by atoms with Crippen LogP contribution in [0.3, 0.4) is 0 Å². The number of benzene rings is 3. The maximum absolute atomic E-state index is 13.3. The Balaban J connectivity index is 1.70. The molecule has 3 aromatic carbocycles. The van der Waals surface area contributed by atoms with Gasteiger partial charge in [0.2, 0.25) is 11.6 Å². The number of cyclic esters (lactones) is 1. The standard InChI is InChI=1S/C30H27Br2NO9/c1-6-39-22-9-8-16(12-23(22)40-7-2)28-33-21(30(35)42-28)11-17-10-19(31)15-20(32)26(17)41-29(34)18-13-24(36-3)27(38-5)25(14-18)37-4/h8-15H,6-7H2,1-5H3/b21-11+. The number of methoxy groups -OCH3 is 3. The fourth-order valence-electron chi connectivity index (χ4n) is 4.01. The molecule has 0 saturated heterocycles. The van der Waals surface area contributed by atoms with Crippen molar-refractivity contribution in [2.45, 2.75) is 13.8 Å². The summed E-state index contributed by atoms with van der Waals surface area (Å²) in [6, 6.07) is 11.5. The maximum Gasteiger partial charge on any atom is 0.363 e. The van der Waals surface area contributed by atoms with Crippen molar-refractivity contribution in [1.82, 2.24) is 0 Å². The van der Waals surface area contributed by atoms with Gasteiger partial charge < -0.3 is 33.2 Å². The van der Waals surface area contributed by atoms with Crippen molar-refractivity contribution in [3.05, 3.63) is 73.8 Å². The van der Waals surface area contributed by atoms with E-state index in [9.17, 15) is 9.59 Å². The summed E-state index contributed by atoms with van der Waals surface area (Å²) in [7, 11) is 4.36. The molecular weight excluding hydrogens is 678 g/mol. The van der Waals surface area contributed by atoms with E-state index in [1.165, 1.54) is 39.5 Å². The zero-order valence-corrected chi connectivity index (χ0v) is 26.6. The topological polar surface area (TPSA) is 111 Å². The molecule has 0 spiro atoms. The summed E-state index contributed by atoms with van der Waals surface area (Å²) < 4.78 is 39.7. The number of hydrogen-bond donors (Lipinski definition) is 0. The van der Waals surface area contributed by atoms with Gasteiger partial charge in [-0.1, -0.05) is 15.9 Å². The quantitative estimate of drug-likeness (QED) is 0.124. The highest BCUT2D eigenvalue weighted by atomic mass is 79.9. The predicted octanol–water partition coefficient (Wildman–Crippen LogP) is 6.60. The van der Waals surface area contributed by atoms with Crippen LogP contribution in [0.5, 0.6) is 34.5 Å². The average Bonchev–Trinajstić information content (AvgIpc) is 3.34. The van der Waals surface area contributed by atoms with Crippen LogP contribution in [0.25, 0.3) is 6.08 Å². The molecule has 12 heteroatoms. The highest BCUT2D eigenvalue weighted by Crippen LogP contribution is 2.40. The number of carbonyl (C=O) groups is 2. The van der Waals surface area contributed by atoms with Gasteiger partial charge in [0.25, 0.3) is 0 Å². The summed E-state index contributed by atoms with van der Waals surface area (Å²) in [4.78, 5) is 30.5. The minimum absolute atomic E-state index is 0.00642. The molecule has 220 valence electrons. The van der Waals surface area contributed by atoms with E-state index in [0.717, 1.165) is 0 Å². The van der Waals surface area contributed by atoms with E-state index in [-0.39, 0.29) is 22.9 Å². The molecule has 0 saturated carbocycles. The Labute approximate surface area is 259 Å². The average molecular weight is 705 g/mol. The Morgan fingerprint density at radius 3 is 2.14 bits per heavy atom. The Morgan fingerprint density at radius 2 is 1.52 bits per heavy atom. The largest absolute Gasteiger partial charge is 0.493 e. The molecule has 3 aromatic rings. The van der Waals surface area contributed by atoms with Gasteiger partial charge in [0.1, 0.15) is 0 Å². The third kappa shape index (κ3) is 6.71. The molecule has 10 nitrogen and oxygen atoms in total. The predicted molar refractivity (Wildman–Crippen MR) is 162 cm³/mol. The lowest BCUT2D eigenvalue weighted by molar-refractivity contribution is -0.129. The molecule has 0 N–H and O–H groups in total. The van der Waals surface area contributed by atoms with Gasteiger partial charge >= 0.3 is 11.9 Å². The molecule has 0 radical (unpaired) electrons. The molecule has 42 heavy (non-hydrogen) atoms. The monoisotopic (exact) mass is 703 g/mol. The number of aliphatic imine (C=N–C) groups is 1. The van der Waals surface area contributed by atoms with Gasteiger partial charge in [-0.15, -0.1) is 0 Å². The molecule has 0 bridgehead atoms. The highest BCUT2D eigenvalue weighted by Gasteiger charge is 2.27. The summed E-state index contributed by atoms with van der Waals surface area (Å²) in [5.74, 6) is 0.868. The molecular formula is C30H27Br2NO9. The van der Waals surface area contributed by atoms with Gasteiger partial charge in [0, 0.05) is 15.6 Å². The Morgan fingerprint density at radius 1 is 0.857 bits per heavy atom. The van der Waals surface area contributed by atoms with Gasteiger partial charge in [-0.2, -0.15) is 0 Å². The molecule has 0 fully saturated rings. The van der Waals surface area contributed by atoms with Crippen molar-refractivity contribution in [2.24, 2.45) is 4.99 Å². The number of nitrogens with zero attached hydrogens (tertiary/aromatic N) is 1. The van der Waals surface area contributed by atoms with Crippen LogP contribution in [0.2, 0.25) is 0 Å². The third-order valence-corrected chi connectivity index (χ3v) is 6.88. The van der Waals surface area contributed by atoms with E-state index < -0.39 is 11.9 Å². The lowest BCUT2D eigenvalue weighted by atomic mass is 10.1. The fourth-order valence-corrected chi connectivity index (χ4v) is 5.35. The smallest absolute Gasteiger partial charge is 0.363 e. The number of ether oxygens (including phenoxy) is 7. The first-order chi connectivity index (χ1) is 20.2. The SMILES string of the molecule is CCOc1ccc(C2=N/C(=C/c3cc(Br)cc(Br)c3OC(=O)c3cc(OC)c(OC)c(OC)c3)C(=O)O2)cc1OCC. The number of halogens is 2. The van der Waals surface area contributed by atoms with Crippen molar-refractivity contribution in [3.63, 3.8) is 0 Å². The molecule has 0 aliphatic carbocycles. The highest BCUT2D eigenvalue weighted by molar-refractivity contribution is 9.11. The first-order valence-corrected chi connectivity index (χ1v) is 14.2. The summed E-state index contributed by atoms with van der Waals surface area (Å²) in [6.45, 7) is 4.63. The minimum Gasteiger partial charge on any atom is -0.493 e. The zero-order valence-electron chi connectivity index (χ0n) is 23.4. The summed E-state index contributed by atoms with van der Waals surface area (Å²) >= 11 is 6.89. The molecule has 1 aliphatic rings. The van der Waals surface area contributed by atoms with E-state index in [0.29, 0.717) is 62.0 Å². The number of esters is 2. The molecule has 0 unspecified atom stereocenters. The first kappa shape index (κ1) is 30.9. The van der Waals surface area contributed by atoms with E-state index >= 15 is 0 Å². The van der Waals surface area contributed by atoms with E-state index in [2.05, 4.69) is 36.9 Å². The summed E-state index contributed by atoms with van der Waals surface area (Å²) in [6.07, 6.45) is 1.47. The van der Waals surface area contributed by atoms with Crippen LogP contribution in [0.4, 0.5) is 0 Å². The minimum atomic E-state index is -0.701. The van der Waals surface area contributed by atoms with Crippen LogP contribution >= 0.6 is 31.9 Å². The van der Waals surface area contributed by atoms with Gasteiger partial charge in [-0.25, -0.2) is 14.6 Å². The van der Waals surface area contributed by atoms with E-state index in [1.807, 2.05) is 13.8 Å². The molecule has 1 aliphatic heterocycles. The molecule has 0 amide bonds. The normalized spacial score (nSPS) is 13.4. The van der Waals surface area contributed by atoms with Crippen molar-refractivity contribution in [3.8, 4) is 34.5 Å². The van der Waals surface area contributed by atoms with Crippen LogP contribution in [-0.2, 0) is 9.53 Å². The second kappa shape index (κ2) is 13.8. The molecule has 4 rings (SSSR count). The number of carbonyl (C=O) groups excluding carboxylic acids is 2. The van der Waals surface area contributed by atoms with Crippen LogP contribution in [0.1, 0.15) is 35.3 Å². The van der Waals surface area contributed by atoms with Crippen LogP contribution in [-0.4, -0.2) is 52.4 Å². The number of hydrogen-bond acceptors (Lipinski definition) is 10. The van der Waals surface area contributed by atoms with Gasteiger partial charge in [0.15, 0.2) is 34.4 Å². The first-order valence-electron chi connectivity index (χ1n) is 12.7. The lowest BCUT2D eigenvalue weighted by Crippen LogP contribution is -2.11. The van der Waals surface area contributed by atoms with Gasteiger partial charge in [-0.05, 0) is 78.3 Å². The van der Waals surface area contributed by atoms with Crippen molar-refractivity contribution in [1.29, 1.82) is 0 Å². The second-order valence-corrected chi connectivity index (χ2v) is 10.2. The number of rotatable bonds is 11. The van der Waals surface area contributed by atoms with Crippen LogP contribution < -0.4 is 28.4 Å². The Hall–Kier alpha value is -4.03. The van der Waals surface area contributed by atoms with E-state index in [4.69, 9.17) is 33.2 Å². The second-order valence-electron chi connectivity index (χ2n) is 8.47. The maximum atomic E-state index is 13.3. The Bertz CT molecular complexity index is 1560. The Kier molecular flexibility index (Phi) is 10.1. The molecule has 0 atom stereocenters. The zero-order chi connectivity index (χ0) is 30.4. The van der Waals surface area contributed by atoms with Crippen molar-refractivity contribution >= 4 is 55.8 Å². The van der Waals surface area contributed by atoms with Crippen molar-refractivity contribution < 1.29 is 42.7 Å². The van der Waals surface area contributed by atoms with Crippen LogP contribution in [0, 0.1) is 0 Å². The summed E-state index contributed by atoms with van der Waals surface area (Å²) in [5.41, 5.74) is 1.07. The van der Waals surface area contributed by atoms with Crippen molar-refractivity contribution in [2.75, 3.05) is 34.5 Å². The third-order valence-electron chi connectivity index (χ3n) is 5.84.